The molecule has 0 radical (unpaired) electrons. The van der Waals surface area contributed by atoms with E-state index in [9.17, 15) is 14.4 Å². The number of rotatable bonds is 5. The minimum absolute atomic E-state index is 0.273. The fourth-order valence-corrected chi connectivity index (χ4v) is 3.30. The standard InChI is InChI=1S/C24H18O5/c25-21(16-7-3-1-4-8-16)15-28-23(26)18-11-12-20-19(13-18)14-22(29-24(20)27)17-9-5-2-6-10-17/h1-13,22H,14-15H2/t22-/m1/s1. The number of ketones is 1. The first-order valence-corrected chi connectivity index (χ1v) is 9.26. The lowest BCUT2D eigenvalue weighted by molar-refractivity contribution is 0.0251. The summed E-state index contributed by atoms with van der Waals surface area (Å²) < 4.78 is 10.7. The molecular weight excluding hydrogens is 368 g/mol. The molecule has 1 aliphatic rings. The van der Waals surface area contributed by atoms with Gasteiger partial charge in [0.2, 0.25) is 0 Å². The molecule has 1 atom stereocenters. The summed E-state index contributed by atoms with van der Waals surface area (Å²) in [5, 5.41) is 0. The average Bonchev–Trinajstić information content (AvgIpc) is 2.78. The molecule has 0 aromatic heterocycles. The van der Waals surface area contributed by atoms with Gasteiger partial charge in [0.25, 0.3) is 0 Å². The number of carbonyl (C=O) groups is 3. The number of esters is 2. The van der Waals surface area contributed by atoms with Crippen LogP contribution in [0.1, 0.15) is 48.3 Å². The Hall–Kier alpha value is -3.73. The maximum absolute atomic E-state index is 12.4. The third kappa shape index (κ3) is 4.09. The van der Waals surface area contributed by atoms with Crippen LogP contribution in [0.4, 0.5) is 0 Å². The molecule has 5 heteroatoms. The van der Waals surface area contributed by atoms with E-state index < -0.39 is 18.0 Å². The average molecular weight is 386 g/mol. The van der Waals surface area contributed by atoms with Crippen molar-refractivity contribution in [3.63, 3.8) is 0 Å². The van der Waals surface area contributed by atoms with Crippen LogP contribution in [0.2, 0.25) is 0 Å². The lowest BCUT2D eigenvalue weighted by Gasteiger charge is -2.25. The second-order valence-corrected chi connectivity index (χ2v) is 6.75. The molecule has 0 bridgehead atoms. The summed E-state index contributed by atoms with van der Waals surface area (Å²) in [4.78, 5) is 36.9. The predicted molar refractivity (Wildman–Crippen MR) is 106 cm³/mol. The molecule has 0 saturated heterocycles. The van der Waals surface area contributed by atoms with E-state index in [0.29, 0.717) is 23.1 Å². The van der Waals surface area contributed by atoms with Crippen molar-refractivity contribution in [1.82, 2.24) is 0 Å². The normalized spacial score (nSPS) is 15.2. The van der Waals surface area contributed by atoms with Crippen molar-refractivity contribution < 1.29 is 23.9 Å². The van der Waals surface area contributed by atoms with E-state index >= 15 is 0 Å². The highest BCUT2D eigenvalue weighted by Gasteiger charge is 2.28. The summed E-state index contributed by atoms with van der Waals surface area (Å²) in [7, 11) is 0. The van der Waals surface area contributed by atoms with Crippen molar-refractivity contribution in [2.24, 2.45) is 0 Å². The van der Waals surface area contributed by atoms with Crippen molar-refractivity contribution in [2.75, 3.05) is 6.61 Å². The van der Waals surface area contributed by atoms with Crippen LogP contribution in [0.3, 0.4) is 0 Å². The van der Waals surface area contributed by atoms with Crippen LogP contribution >= 0.6 is 0 Å². The highest BCUT2D eigenvalue weighted by Crippen LogP contribution is 2.31. The number of Topliss-reactive ketones (excluding diaryl/α,β-unsaturated/α-hetero) is 1. The Bertz CT molecular complexity index is 1060. The van der Waals surface area contributed by atoms with Gasteiger partial charge < -0.3 is 9.47 Å². The monoisotopic (exact) mass is 386 g/mol. The predicted octanol–water partition coefficient (Wildman–Crippen LogP) is 4.18. The molecule has 0 N–H and O–H groups in total. The van der Waals surface area contributed by atoms with Crippen LogP contribution < -0.4 is 0 Å². The van der Waals surface area contributed by atoms with Gasteiger partial charge in [-0.05, 0) is 29.3 Å². The van der Waals surface area contributed by atoms with E-state index in [0.717, 1.165) is 11.1 Å². The van der Waals surface area contributed by atoms with Crippen molar-refractivity contribution in [3.8, 4) is 0 Å². The zero-order valence-corrected chi connectivity index (χ0v) is 15.5. The van der Waals surface area contributed by atoms with Crippen LogP contribution in [-0.2, 0) is 15.9 Å². The maximum Gasteiger partial charge on any atom is 0.339 e. The van der Waals surface area contributed by atoms with E-state index in [2.05, 4.69) is 0 Å². The molecule has 0 fully saturated rings. The first-order valence-electron chi connectivity index (χ1n) is 9.26. The minimum Gasteiger partial charge on any atom is -0.454 e. The number of cyclic esters (lactones) is 1. The fourth-order valence-electron chi connectivity index (χ4n) is 3.30. The van der Waals surface area contributed by atoms with Gasteiger partial charge in [-0.3, -0.25) is 4.79 Å². The first kappa shape index (κ1) is 18.6. The van der Waals surface area contributed by atoms with Crippen LogP contribution in [0.25, 0.3) is 0 Å². The van der Waals surface area contributed by atoms with Gasteiger partial charge in [-0.25, -0.2) is 9.59 Å². The lowest BCUT2D eigenvalue weighted by atomic mass is 9.93. The van der Waals surface area contributed by atoms with Gasteiger partial charge in [-0.1, -0.05) is 60.7 Å². The first-order chi connectivity index (χ1) is 14.1. The van der Waals surface area contributed by atoms with Crippen molar-refractivity contribution in [3.05, 3.63) is 107 Å². The van der Waals surface area contributed by atoms with Gasteiger partial charge in [-0.15, -0.1) is 0 Å². The van der Waals surface area contributed by atoms with Crippen molar-refractivity contribution >= 4 is 17.7 Å². The molecule has 0 aliphatic carbocycles. The highest BCUT2D eigenvalue weighted by molar-refractivity contribution is 6.00. The minimum atomic E-state index is -0.604. The molecule has 5 nitrogen and oxygen atoms in total. The Morgan fingerprint density at radius 2 is 1.59 bits per heavy atom. The van der Waals surface area contributed by atoms with Gasteiger partial charge in [0.15, 0.2) is 12.4 Å². The van der Waals surface area contributed by atoms with Gasteiger partial charge >= 0.3 is 11.9 Å². The number of hydrogen-bond acceptors (Lipinski definition) is 5. The van der Waals surface area contributed by atoms with E-state index in [4.69, 9.17) is 9.47 Å². The van der Waals surface area contributed by atoms with Crippen molar-refractivity contribution in [2.45, 2.75) is 12.5 Å². The molecule has 4 rings (SSSR count). The van der Waals surface area contributed by atoms with Gasteiger partial charge in [0.1, 0.15) is 6.10 Å². The molecule has 29 heavy (non-hydrogen) atoms. The number of carbonyl (C=O) groups excluding carboxylic acids is 3. The van der Waals surface area contributed by atoms with E-state index in [1.165, 1.54) is 6.07 Å². The highest BCUT2D eigenvalue weighted by atomic mass is 16.5. The summed E-state index contributed by atoms with van der Waals surface area (Å²) in [6.07, 6.45) is 0.0666. The van der Waals surface area contributed by atoms with E-state index in [1.807, 2.05) is 36.4 Å². The number of benzene rings is 3. The topological polar surface area (TPSA) is 69.7 Å². The molecule has 0 amide bonds. The second kappa shape index (κ2) is 8.10. The summed E-state index contributed by atoms with van der Waals surface area (Å²) in [5.74, 6) is -1.30. The second-order valence-electron chi connectivity index (χ2n) is 6.75. The molecule has 0 unspecified atom stereocenters. The van der Waals surface area contributed by atoms with Crippen LogP contribution in [-0.4, -0.2) is 24.3 Å². The van der Waals surface area contributed by atoms with Gasteiger partial charge in [0.05, 0.1) is 11.1 Å². The smallest absolute Gasteiger partial charge is 0.339 e. The molecule has 144 valence electrons. The molecule has 1 heterocycles. The zero-order chi connectivity index (χ0) is 20.2. The Morgan fingerprint density at radius 3 is 2.31 bits per heavy atom. The van der Waals surface area contributed by atoms with Crippen LogP contribution in [0, 0.1) is 0 Å². The molecule has 0 saturated carbocycles. The molecule has 3 aromatic rings. The summed E-state index contributed by atoms with van der Waals surface area (Å²) in [6.45, 7) is -0.339. The fraction of sp³-hybridized carbons (Fsp3) is 0.125. The zero-order valence-electron chi connectivity index (χ0n) is 15.5. The van der Waals surface area contributed by atoms with Gasteiger partial charge in [0, 0.05) is 12.0 Å². The van der Waals surface area contributed by atoms with Crippen LogP contribution in [0.5, 0.6) is 0 Å². The summed E-state index contributed by atoms with van der Waals surface area (Å²) >= 11 is 0. The van der Waals surface area contributed by atoms with Gasteiger partial charge in [-0.2, -0.15) is 0 Å². The quantitative estimate of drug-likeness (QED) is 0.486. The molecule has 0 spiro atoms. The van der Waals surface area contributed by atoms with E-state index in [1.54, 1.807) is 36.4 Å². The largest absolute Gasteiger partial charge is 0.454 e. The van der Waals surface area contributed by atoms with E-state index in [-0.39, 0.29) is 12.4 Å². The Labute approximate surface area is 167 Å². The lowest BCUT2D eigenvalue weighted by Crippen LogP contribution is -2.22. The number of hydrogen-bond donors (Lipinski definition) is 0. The molecular formula is C24H18O5. The number of fused-ring (bicyclic) bond motifs is 1. The molecule has 3 aromatic carbocycles. The summed E-state index contributed by atoms with van der Waals surface area (Å²) in [5.41, 5.74) is 2.84. The SMILES string of the molecule is O=C(COC(=O)c1ccc2c(c1)C[C@H](c1ccccc1)OC2=O)c1ccccc1. The number of ether oxygens (including phenoxy) is 2. The Kier molecular flexibility index (Phi) is 5.20. The van der Waals surface area contributed by atoms with Crippen LogP contribution in [0.15, 0.2) is 78.9 Å². The Morgan fingerprint density at radius 1 is 0.897 bits per heavy atom. The third-order valence-corrected chi connectivity index (χ3v) is 4.82. The molecule has 1 aliphatic heterocycles. The third-order valence-electron chi connectivity index (χ3n) is 4.82. The summed E-state index contributed by atoms with van der Waals surface area (Å²) in [6, 6.07) is 22.8. The van der Waals surface area contributed by atoms with Crippen molar-refractivity contribution in [1.29, 1.82) is 0 Å². The maximum atomic E-state index is 12.4. The Balaban J connectivity index is 1.48.